The van der Waals surface area contributed by atoms with E-state index < -0.39 is 5.82 Å². The summed E-state index contributed by atoms with van der Waals surface area (Å²) in [6, 6.07) is 22.8. The van der Waals surface area contributed by atoms with Gasteiger partial charge in [-0.05, 0) is 47.9 Å². The van der Waals surface area contributed by atoms with Crippen LogP contribution < -0.4 is 5.32 Å². The monoisotopic (exact) mass is 437 g/mol. The fourth-order valence-electron chi connectivity index (χ4n) is 4.01. The number of halogens is 2. The Labute approximate surface area is 187 Å². The van der Waals surface area contributed by atoms with Gasteiger partial charge in [-0.25, -0.2) is 9.18 Å². The first-order valence-corrected chi connectivity index (χ1v) is 10.8. The second-order valence-electron chi connectivity index (χ2n) is 7.80. The highest BCUT2D eigenvalue weighted by Crippen LogP contribution is 2.30. The molecule has 1 saturated heterocycles. The van der Waals surface area contributed by atoms with Crippen molar-refractivity contribution in [1.29, 1.82) is 0 Å². The summed E-state index contributed by atoms with van der Waals surface area (Å²) in [5.74, 6) is -0.426. The molecule has 4 rings (SSSR count). The van der Waals surface area contributed by atoms with Crippen molar-refractivity contribution in [3.63, 3.8) is 0 Å². The number of hydrogen-bond acceptors (Lipinski definition) is 2. The van der Waals surface area contributed by atoms with E-state index in [1.807, 2.05) is 37.3 Å². The average molecular weight is 438 g/mol. The van der Waals surface area contributed by atoms with Gasteiger partial charge in [0.15, 0.2) is 0 Å². The summed E-state index contributed by atoms with van der Waals surface area (Å²) in [4.78, 5) is 16.8. The molecular weight excluding hydrogens is 413 g/mol. The number of piperazine rings is 1. The fourth-order valence-corrected chi connectivity index (χ4v) is 4.13. The van der Waals surface area contributed by atoms with E-state index in [1.165, 1.54) is 11.6 Å². The largest absolute Gasteiger partial charge is 0.322 e. The maximum Gasteiger partial charge on any atom is 0.322 e. The van der Waals surface area contributed by atoms with Gasteiger partial charge < -0.3 is 10.2 Å². The minimum atomic E-state index is -0.426. The zero-order valence-corrected chi connectivity index (χ0v) is 18.1. The minimum absolute atomic E-state index is 0.0814. The van der Waals surface area contributed by atoms with Gasteiger partial charge in [0.1, 0.15) is 5.82 Å². The number of carbonyl (C=O) groups excluding carboxylic acids is 1. The van der Waals surface area contributed by atoms with Crippen molar-refractivity contribution in [2.45, 2.75) is 13.0 Å². The van der Waals surface area contributed by atoms with Crippen molar-refractivity contribution in [1.82, 2.24) is 9.80 Å². The molecule has 0 aliphatic carbocycles. The number of benzene rings is 3. The molecule has 1 heterocycles. The number of aryl methyl sites for hydroxylation is 1. The van der Waals surface area contributed by atoms with E-state index >= 15 is 0 Å². The van der Waals surface area contributed by atoms with Crippen LogP contribution >= 0.6 is 11.6 Å². The molecule has 3 aromatic carbocycles. The molecule has 0 unspecified atom stereocenters. The van der Waals surface area contributed by atoms with Gasteiger partial charge in [0.25, 0.3) is 0 Å². The average Bonchev–Trinajstić information content (AvgIpc) is 2.79. The van der Waals surface area contributed by atoms with Gasteiger partial charge in [0.05, 0.1) is 11.7 Å². The number of hydrogen-bond donors (Lipinski definition) is 1. The zero-order chi connectivity index (χ0) is 21.8. The Balaban J connectivity index is 1.47. The number of nitrogens with zero attached hydrogens (tertiary/aromatic N) is 2. The van der Waals surface area contributed by atoms with Crippen molar-refractivity contribution in [2.24, 2.45) is 0 Å². The van der Waals surface area contributed by atoms with Crippen molar-refractivity contribution in [2.75, 3.05) is 31.5 Å². The minimum Gasteiger partial charge on any atom is -0.322 e. The van der Waals surface area contributed by atoms with Crippen LogP contribution in [0.1, 0.15) is 22.7 Å². The summed E-state index contributed by atoms with van der Waals surface area (Å²) in [5, 5.41) is 3.42. The van der Waals surface area contributed by atoms with Crippen LogP contribution in [-0.2, 0) is 0 Å². The van der Waals surface area contributed by atoms with E-state index in [0.29, 0.717) is 31.2 Å². The molecular formula is C25H25ClFN3O. The lowest BCUT2D eigenvalue weighted by Gasteiger charge is -2.39. The molecule has 1 N–H and O–H groups in total. The summed E-state index contributed by atoms with van der Waals surface area (Å²) in [6.45, 7) is 4.43. The smallest absolute Gasteiger partial charge is 0.322 e. The van der Waals surface area contributed by atoms with Crippen LogP contribution in [0, 0.1) is 12.7 Å². The standard InChI is InChI=1S/C25H25ClFN3O/c1-18-7-12-22(27)23(17-18)28-25(31)30-15-13-29(14-16-30)24(19-5-3-2-4-6-19)20-8-10-21(26)11-9-20/h2-12,17,24H,13-16H2,1H3,(H,28,31)/t24-/m1/s1. The number of nitrogens with one attached hydrogen (secondary N) is 1. The number of carbonyl (C=O) groups is 1. The zero-order valence-electron chi connectivity index (χ0n) is 17.4. The molecule has 2 amide bonds. The van der Waals surface area contributed by atoms with Gasteiger partial charge in [-0.15, -0.1) is 0 Å². The molecule has 1 fully saturated rings. The van der Waals surface area contributed by atoms with Crippen LogP contribution in [0.5, 0.6) is 0 Å². The van der Waals surface area contributed by atoms with Gasteiger partial charge in [0.2, 0.25) is 0 Å². The van der Waals surface area contributed by atoms with Gasteiger partial charge in [0, 0.05) is 31.2 Å². The quantitative estimate of drug-likeness (QED) is 0.566. The highest BCUT2D eigenvalue weighted by Gasteiger charge is 2.28. The van der Waals surface area contributed by atoms with E-state index in [-0.39, 0.29) is 17.8 Å². The second kappa shape index (κ2) is 9.50. The number of amides is 2. The summed E-state index contributed by atoms with van der Waals surface area (Å²) in [6.07, 6.45) is 0. The third kappa shape index (κ3) is 5.06. The third-order valence-corrected chi connectivity index (χ3v) is 5.88. The molecule has 1 aliphatic rings. The lowest BCUT2D eigenvalue weighted by Crippen LogP contribution is -2.51. The molecule has 6 heteroatoms. The fraction of sp³-hybridized carbons (Fsp3) is 0.240. The molecule has 0 saturated carbocycles. The Morgan fingerprint density at radius 3 is 2.26 bits per heavy atom. The van der Waals surface area contributed by atoms with Crippen molar-refractivity contribution in [3.8, 4) is 0 Å². The molecule has 1 aliphatic heterocycles. The Morgan fingerprint density at radius 1 is 0.935 bits per heavy atom. The van der Waals surface area contributed by atoms with Crippen LogP contribution in [-0.4, -0.2) is 42.0 Å². The first-order chi connectivity index (χ1) is 15.0. The van der Waals surface area contributed by atoms with Gasteiger partial charge in [-0.2, -0.15) is 0 Å². The van der Waals surface area contributed by atoms with Crippen LogP contribution in [0.15, 0.2) is 72.8 Å². The Kier molecular flexibility index (Phi) is 6.54. The first kappa shape index (κ1) is 21.3. The van der Waals surface area contributed by atoms with Gasteiger partial charge in [-0.3, -0.25) is 4.90 Å². The molecule has 160 valence electrons. The van der Waals surface area contributed by atoms with Crippen molar-refractivity contribution < 1.29 is 9.18 Å². The molecule has 0 spiro atoms. The maximum atomic E-state index is 14.0. The molecule has 0 radical (unpaired) electrons. The lowest BCUT2D eigenvalue weighted by atomic mass is 9.96. The van der Waals surface area contributed by atoms with Crippen molar-refractivity contribution in [3.05, 3.63) is 100 Å². The highest BCUT2D eigenvalue weighted by molar-refractivity contribution is 6.30. The number of rotatable bonds is 4. The summed E-state index contributed by atoms with van der Waals surface area (Å²) in [5.41, 5.74) is 3.48. The molecule has 4 nitrogen and oxygen atoms in total. The topological polar surface area (TPSA) is 35.6 Å². The highest BCUT2D eigenvalue weighted by atomic mass is 35.5. The van der Waals surface area contributed by atoms with E-state index in [0.717, 1.165) is 11.1 Å². The predicted octanol–water partition coefficient (Wildman–Crippen LogP) is 5.73. The number of urea groups is 1. The van der Waals surface area contributed by atoms with Crippen molar-refractivity contribution >= 4 is 23.3 Å². The lowest BCUT2D eigenvalue weighted by molar-refractivity contribution is 0.126. The molecule has 0 bridgehead atoms. The van der Waals surface area contributed by atoms with Crippen LogP contribution in [0.2, 0.25) is 5.02 Å². The van der Waals surface area contributed by atoms with E-state index in [4.69, 9.17) is 11.6 Å². The molecule has 3 aromatic rings. The third-order valence-electron chi connectivity index (χ3n) is 5.63. The Morgan fingerprint density at radius 2 is 1.58 bits per heavy atom. The SMILES string of the molecule is Cc1ccc(F)c(NC(=O)N2CCN([C@H](c3ccccc3)c3ccc(Cl)cc3)CC2)c1. The summed E-state index contributed by atoms with van der Waals surface area (Å²) >= 11 is 6.10. The van der Waals surface area contributed by atoms with E-state index in [1.54, 1.807) is 17.0 Å². The predicted molar refractivity (Wildman–Crippen MR) is 123 cm³/mol. The first-order valence-electron chi connectivity index (χ1n) is 10.4. The molecule has 0 aromatic heterocycles. The van der Waals surface area contributed by atoms with Gasteiger partial charge >= 0.3 is 6.03 Å². The van der Waals surface area contributed by atoms with Crippen LogP contribution in [0.25, 0.3) is 0 Å². The van der Waals surface area contributed by atoms with E-state index in [9.17, 15) is 9.18 Å². The van der Waals surface area contributed by atoms with Crippen LogP contribution in [0.4, 0.5) is 14.9 Å². The number of anilines is 1. The molecule has 1 atom stereocenters. The van der Waals surface area contributed by atoms with Crippen LogP contribution in [0.3, 0.4) is 0 Å². The normalized spacial score (nSPS) is 15.5. The maximum absolute atomic E-state index is 14.0. The van der Waals surface area contributed by atoms with Gasteiger partial charge in [-0.1, -0.05) is 60.1 Å². The summed E-state index contributed by atoms with van der Waals surface area (Å²) < 4.78 is 14.0. The second-order valence-corrected chi connectivity index (χ2v) is 8.24. The molecule has 31 heavy (non-hydrogen) atoms. The Bertz CT molecular complexity index is 1030. The Hall–Kier alpha value is -2.89. The summed E-state index contributed by atoms with van der Waals surface area (Å²) in [7, 11) is 0. The van der Waals surface area contributed by atoms with E-state index in [2.05, 4.69) is 34.5 Å².